The van der Waals surface area contributed by atoms with Crippen molar-refractivity contribution in [3.63, 3.8) is 0 Å². The molecule has 0 aliphatic rings. The van der Waals surface area contributed by atoms with Crippen molar-refractivity contribution < 1.29 is 14.7 Å². The maximum absolute atomic E-state index is 11.0. The zero-order valence-electron chi connectivity index (χ0n) is 15.2. The van der Waals surface area contributed by atoms with E-state index in [2.05, 4.69) is 15.3 Å². The number of nitrogens with two attached hydrogens (primary N) is 3. The third kappa shape index (κ3) is 8.77. The van der Waals surface area contributed by atoms with Crippen LogP contribution in [0.3, 0.4) is 0 Å². The van der Waals surface area contributed by atoms with Crippen LogP contribution in [-0.2, 0) is 16.0 Å². The minimum atomic E-state index is -0.833. The summed E-state index contributed by atoms with van der Waals surface area (Å²) in [6.07, 6.45) is 1.59. The van der Waals surface area contributed by atoms with Gasteiger partial charge in [0.1, 0.15) is 11.6 Å². The van der Waals surface area contributed by atoms with E-state index in [1.807, 2.05) is 24.3 Å². The largest absolute Gasteiger partial charge is 0.481 e. The predicted octanol–water partition coefficient (Wildman–Crippen LogP) is 2.00. The summed E-state index contributed by atoms with van der Waals surface area (Å²) in [5, 5.41) is 10.2. The van der Waals surface area contributed by atoms with Gasteiger partial charge in [0, 0.05) is 30.0 Å². The number of nitrogen functional groups attached to an aromatic ring is 3. The molecule has 0 saturated heterocycles. The molecule has 146 valence electrons. The number of thioether (sulfide) groups is 1. The average molecular weight is 392 g/mol. The van der Waals surface area contributed by atoms with Gasteiger partial charge in [0.05, 0.1) is 0 Å². The summed E-state index contributed by atoms with van der Waals surface area (Å²) in [7, 11) is 0. The SMILES string of the molecule is CC(=O)Nc1ccc(SCCCc2c(N)nc(N)nc2N)cc1.CC(=O)O. The fraction of sp³-hybridized carbons (Fsp3) is 0.294. The molecule has 0 bridgehead atoms. The summed E-state index contributed by atoms with van der Waals surface area (Å²) in [5.41, 5.74) is 18.7. The molecule has 27 heavy (non-hydrogen) atoms. The molecule has 0 spiro atoms. The Labute approximate surface area is 161 Å². The van der Waals surface area contributed by atoms with Crippen LogP contribution >= 0.6 is 11.8 Å². The van der Waals surface area contributed by atoms with Crippen LogP contribution in [0.15, 0.2) is 29.2 Å². The van der Waals surface area contributed by atoms with Crippen molar-refractivity contribution >= 4 is 46.9 Å². The molecule has 0 radical (unpaired) electrons. The number of carboxylic acid groups (broad SMARTS) is 1. The number of carbonyl (C=O) groups is 2. The number of amides is 1. The molecule has 0 fully saturated rings. The van der Waals surface area contributed by atoms with Crippen molar-refractivity contribution in [3.05, 3.63) is 29.8 Å². The van der Waals surface area contributed by atoms with Crippen LogP contribution in [0, 0.1) is 0 Å². The second-order valence-electron chi connectivity index (χ2n) is 5.51. The van der Waals surface area contributed by atoms with E-state index in [1.165, 1.54) is 6.92 Å². The van der Waals surface area contributed by atoms with E-state index in [9.17, 15) is 4.79 Å². The molecule has 1 aromatic heterocycles. The Balaban J connectivity index is 0.000000828. The highest BCUT2D eigenvalue weighted by Gasteiger charge is 2.08. The smallest absolute Gasteiger partial charge is 0.300 e. The highest BCUT2D eigenvalue weighted by Crippen LogP contribution is 2.23. The van der Waals surface area contributed by atoms with Gasteiger partial charge in [-0.2, -0.15) is 9.97 Å². The fourth-order valence-corrected chi connectivity index (χ4v) is 2.92. The van der Waals surface area contributed by atoms with Crippen LogP contribution in [0.1, 0.15) is 25.8 Å². The van der Waals surface area contributed by atoms with Crippen molar-refractivity contribution in [2.24, 2.45) is 0 Å². The molecular weight excluding hydrogens is 368 g/mol. The highest BCUT2D eigenvalue weighted by atomic mass is 32.2. The lowest BCUT2D eigenvalue weighted by molar-refractivity contribution is -0.134. The number of nitrogens with one attached hydrogen (secondary N) is 1. The first-order chi connectivity index (χ1) is 12.7. The van der Waals surface area contributed by atoms with Gasteiger partial charge in [0.25, 0.3) is 5.97 Å². The van der Waals surface area contributed by atoms with Crippen molar-refractivity contribution in [1.29, 1.82) is 0 Å². The summed E-state index contributed by atoms with van der Waals surface area (Å²) in [4.78, 5) is 29.0. The Morgan fingerprint density at radius 1 is 1.07 bits per heavy atom. The van der Waals surface area contributed by atoms with E-state index < -0.39 is 5.97 Å². The van der Waals surface area contributed by atoms with Crippen molar-refractivity contribution in [1.82, 2.24) is 9.97 Å². The van der Waals surface area contributed by atoms with Gasteiger partial charge in [-0.1, -0.05) is 0 Å². The van der Waals surface area contributed by atoms with Gasteiger partial charge in [-0.3, -0.25) is 9.59 Å². The lowest BCUT2D eigenvalue weighted by Crippen LogP contribution is -2.09. The van der Waals surface area contributed by atoms with E-state index in [0.717, 1.165) is 35.2 Å². The van der Waals surface area contributed by atoms with Gasteiger partial charge < -0.3 is 27.6 Å². The Kier molecular flexibility index (Phi) is 8.86. The molecule has 9 nitrogen and oxygen atoms in total. The van der Waals surface area contributed by atoms with Gasteiger partial charge in [-0.25, -0.2) is 0 Å². The van der Waals surface area contributed by atoms with Crippen LogP contribution in [0.2, 0.25) is 0 Å². The Morgan fingerprint density at radius 2 is 1.59 bits per heavy atom. The van der Waals surface area contributed by atoms with Crippen LogP contribution < -0.4 is 22.5 Å². The molecule has 1 aromatic carbocycles. The number of hydrogen-bond acceptors (Lipinski definition) is 8. The Bertz CT molecular complexity index is 756. The molecule has 0 saturated carbocycles. The summed E-state index contributed by atoms with van der Waals surface area (Å²) in [6, 6.07) is 7.72. The summed E-state index contributed by atoms with van der Waals surface area (Å²) in [6.45, 7) is 2.57. The van der Waals surface area contributed by atoms with Gasteiger partial charge in [-0.05, 0) is 42.9 Å². The first-order valence-electron chi connectivity index (χ1n) is 8.06. The van der Waals surface area contributed by atoms with E-state index >= 15 is 0 Å². The number of carboxylic acids is 1. The number of benzene rings is 1. The average Bonchev–Trinajstić information content (AvgIpc) is 2.53. The molecule has 0 unspecified atom stereocenters. The number of nitrogens with zero attached hydrogens (tertiary/aromatic N) is 2. The second kappa shape index (κ2) is 10.9. The number of aliphatic carboxylic acids is 1. The quantitative estimate of drug-likeness (QED) is 0.364. The maximum atomic E-state index is 11.0. The van der Waals surface area contributed by atoms with E-state index in [4.69, 9.17) is 27.1 Å². The number of rotatable bonds is 6. The fourth-order valence-electron chi connectivity index (χ4n) is 2.07. The number of hydrogen-bond donors (Lipinski definition) is 5. The Hall–Kier alpha value is -3.01. The molecule has 10 heteroatoms. The van der Waals surface area contributed by atoms with Gasteiger partial charge >= 0.3 is 0 Å². The lowest BCUT2D eigenvalue weighted by Gasteiger charge is -2.08. The minimum Gasteiger partial charge on any atom is -0.481 e. The summed E-state index contributed by atoms with van der Waals surface area (Å²) in [5.74, 6) is 0.783. The Morgan fingerprint density at radius 3 is 2.07 bits per heavy atom. The third-order valence-electron chi connectivity index (χ3n) is 3.10. The van der Waals surface area contributed by atoms with Crippen molar-refractivity contribution in [2.45, 2.75) is 31.6 Å². The van der Waals surface area contributed by atoms with Crippen molar-refractivity contribution in [2.75, 3.05) is 28.3 Å². The van der Waals surface area contributed by atoms with E-state index in [1.54, 1.807) is 11.8 Å². The number of anilines is 4. The molecule has 1 amide bonds. The number of carbonyl (C=O) groups excluding carboxylic acids is 1. The summed E-state index contributed by atoms with van der Waals surface area (Å²) >= 11 is 1.72. The molecule has 0 aliphatic heterocycles. The third-order valence-corrected chi connectivity index (χ3v) is 4.20. The van der Waals surface area contributed by atoms with Crippen LogP contribution in [-0.4, -0.2) is 32.7 Å². The number of aromatic nitrogens is 2. The van der Waals surface area contributed by atoms with Crippen LogP contribution in [0.5, 0.6) is 0 Å². The molecule has 0 atom stereocenters. The monoisotopic (exact) mass is 392 g/mol. The molecule has 0 aliphatic carbocycles. The van der Waals surface area contributed by atoms with E-state index in [-0.39, 0.29) is 11.9 Å². The molecule has 2 rings (SSSR count). The first-order valence-corrected chi connectivity index (χ1v) is 9.05. The lowest BCUT2D eigenvalue weighted by atomic mass is 10.1. The normalized spacial score (nSPS) is 9.85. The van der Waals surface area contributed by atoms with Gasteiger partial charge in [-0.15, -0.1) is 11.8 Å². The standard InChI is InChI=1S/C15H20N6OS.C2H4O2/c1-9(22)19-10-4-6-11(7-5-10)23-8-2-3-12-13(16)20-15(18)21-14(12)17;1-2(3)4/h4-7H,2-3,8H2,1H3,(H,19,22)(H6,16,17,18,20,21);1H3,(H,3,4). The highest BCUT2D eigenvalue weighted by molar-refractivity contribution is 7.99. The predicted molar refractivity (Wildman–Crippen MR) is 108 cm³/mol. The molecule has 8 N–H and O–H groups in total. The minimum absolute atomic E-state index is 0.0775. The van der Waals surface area contributed by atoms with E-state index in [0.29, 0.717) is 18.1 Å². The van der Waals surface area contributed by atoms with Crippen LogP contribution in [0.25, 0.3) is 0 Å². The van der Waals surface area contributed by atoms with Crippen LogP contribution in [0.4, 0.5) is 23.3 Å². The summed E-state index contributed by atoms with van der Waals surface area (Å²) < 4.78 is 0. The topological polar surface area (TPSA) is 170 Å². The van der Waals surface area contributed by atoms with Gasteiger partial charge in [0.15, 0.2) is 0 Å². The maximum Gasteiger partial charge on any atom is 0.300 e. The zero-order chi connectivity index (χ0) is 20.4. The first kappa shape index (κ1) is 22.0. The zero-order valence-corrected chi connectivity index (χ0v) is 16.0. The van der Waals surface area contributed by atoms with Crippen molar-refractivity contribution in [3.8, 4) is 0 Å². The molecule has 2 aromatic rings. The van der Waals surface area contributed by atoms with Gasteiger partial charge in [0.2, 0.25) is 11.9 Å². The molecular formula is C17H24N6O3S. The molecule has 1 heterocycles. The second-order valence-corrected chi connectivity index (χ2v) is 6.68.